The predicted molar refractivity (Wildman–Crippen MR) is 181 cm³/mol. The third-order valence-corrected chi connectivity index (χ3v) is 12.7. The van der Waals surface area contributed by atoms with E-state index in [9.17, 15) is 23.1 Å². The summed E-state index contributed by atoms with van der Waals surface area (Å²) in [6.07, 6.45) is 5.93. The Morgan fingerprint density at radius 1 is 1.09 bits per heavy atom. The maximum absolute atomic E-state index is 13.4. The lowest BCUT2D eigenvalue weighted by Gasteiger charge is -2.49. The lowest BCUT2D eigenvalue weighted by atomic mass is 9.62. The SMILES string of the molecule is C[C@@H]1[C@@H](C)CCC[C@](O)(CC(=O)N(C)C)[C@@H]2CC[C@H]2CN2CCCCc3cc(Cl)ccc3COc3ccc(cc32)C(=O)NS1(=O)=O. The monoisotopic (exact) mass is 673 g/mol. The lowest BCUT2D eigenvalue weighted by molar-refractivity contribution is -0.143. The molecule has 3 aliphatic rings. The highest BCUT2D eigenvalue weighted by atomic mass is 35.5. The number of ether oxygens (including phenoxy) is 1. The molecule has 1 saturated carbocycles. The summed E-state index contributed by atoms with van der Waals surface area (Å²) < 4.78 is 35.4. The molecule has 2 bridgehead atoms. The minimum atomic E-state index is -3.98. The molecular formula is C35H48ClN3O6S. The number of benzene rings is 2. The van der Waals surface area contributed by atoms with Crippen molar-refractivity contribution in [3.63, 3.8) is 0 Å². The molecule has 1 aliphatic carbocycles. The molecule has 252 valence electrons. The fourth-order valence-electron chi connectivity index (χ4n) is 7.23. The Kier molecular flexibility index (Phi) is 10.6. The van der Waals surface area contributed by atoms with Crippen LogP contribution in [0.5, 0.6) is 5.75 Å². The summed E-state index contributed by atoms with van der Waals surface area (Å²) in [6.45, 7) is 5.09. The number of nitrogens with one attached hydrogen (secondary N) is 1. The Bertz CT molecular complexity index is 1550. The van der Waals surface area contributed by atoms with Crippen molar-refractivity contribution in [3.8, 4) is 5.75 Å². The molecular weight excluding hydrogens is 626 g/mol. The standard InChI is InChI=1S/C35H48ClN3O6S/c1-23-8-7-16-35(42,20-33(40)38(3)4)30-14-11-27(30)21-39-17-6-5-9-25-18-29(36)13-10-28(25)22-45-32-15-12-26(19-31(32)39)34(41)37-46(43,44)24(23)2/h10,12-13,15,18-19,23-24,27,30,42H,5-9,11,14,16-17,20-22H2,1-4H3,(H,37,41)/t23-,24+,27-,30+,35-/m0/s1. The topological polar surface area (TPSA) is 116 Å². The number of nitrogens with zero attached hydrogens (tertiary/aromatic N) is 2. The molecule has 11 heteroatoms. The van der Waals surface area contributed by atoms with Gasteiger partial charge in [0.15, 0.2) is 0 Å². The zero-order chi connectivity index (χ0) is 33.2. The van der Waals surface area contributed by atoms with Crippen LogP contribution in [0.15, 0.2) is 36.4 Å². The van der Waals surface area contributed by atoms with Crippen molar-refractivity contribution in [2.75, 3.05) is 32.1 Å². The van der Waals surface area contributed by atoms with Crippen molar-refractivity contribution in [1.29, 1.82) is 0 Å². The third-order valence-electron chi connectivity index (χ3n) is 10.6. The predicted octanol–water partition coefficient (Wildman–Crippen LogP) is 5.57. The van der Waals surface area contributed by atoms with Gasteiger partial charge in [-0.2, -0.15) is 0 Å². The first-order chi connectivity index (χ1) is 21.8. The van der Waals surface area contributed by atoms with Gasteiger partial charge in [0, 0.05) is 37.8 Å². The van der Waals surface area contributed by atoms with Gasteiger partial charge in [-0.05, 0) is 111 Å². The van der Waals surface area contributed by atoms with Gasteiger partial charge in [0.1, 0.15) is 12.4 Å². The lowest BCUT2D eigenvalue weighted by Crippen LogP contribution is -2.53. The van der Waals surface area contributed by atoms with E-state index in [1.807, 2.05) is 25.1 Å². The Labute approximate surface area is 278 Å². The molecule has 5 atom stereocenters. The highest BCUT2D eigenvalue weighted by Gasteiger charge is 2.48. The molecule has 0 unspecified atom stereocenters. The van der Waals surface area contributed by atoms with Gasteiger partial charge in [-0.1, -0.05) is 31.0 Å². The number of halogens is 1. The van der Waals surface area contributed by atoms with Crippen LogP contribution < -0.4 is 14.4 Å². The second-order valence-electron chi connectivity index (χ2n) is 13.9. The Morgan fingerprint density at radius 3 is 2.59 bits per heavy atom. The van der Waals surface area contributed by atoms with Crippen LogP contribution in [0.3, 0.4) is 0 Å². The summed E-state index contributed by atoms with van der Waals surface area (Å²) in [5.74, 6) is -0.399. The fourth-order valence-corrected chi connectivity index (χ4v) is 8.74. The van der Waals surface area contributed by atoms with E-state index in [2.05, 4.69) is 9.62 Å². The smallest absolute Gasteiger partial charge is 0.264 e. The van der Waals surface area contributed by atoms with E-state index < -0.39 is 26.8 Å². The summed E-state index contributed by atoms with van der Waals surface area (Å²) in [5, 5.41) is 12.1. The van der Waals surface area contributed by atoms with Crippen LogP contribution in [-0.4, -0.2) is 68.3 Å². The molecule has 2 N–H and O–H groups in total. The molecule has 2 aromatic carbocycles. The van der Waals surface area contributed by atoms with Crippen LogP contribution in [0.4, 0.5) is 5.69 Å². The number of amides is 2. The van der Waals surface area contributed by atoms with Crippen molar-refractivity contribution in [1.82, 2.24) is 9.62 Å². The Hall–Kier alpha value is -2.82. The van der Waals surface area contributed by atoms with Gasteiger partial charge in [0.05, 0.1) is 23.0 Å². The van der Waals surface area contributed by atoms with Gasteiger partial charge in [-0.3, -0.25) is 9.59 Å². The molecule has 1 fully saturated rings. The molecule has 2 aromatic rings. The summed E-state index contributed by atoms with van der Waals surface area (Å²) in [5.41, 5.74) is 1.95. The fraction of sp³-hybridized carbons (Fsp3) is 0.600. The van der Waals surface area contributed by atoms with E-state index in [0.717, 1.165) is 48.9 Å². The van der Waals surface area contributed by atoms with Gasteiger partial charge >= 0.3 is 0 Å². The second kappa shape index (κ2) is 14.1. The van der Waals surface area contributed by atoms with E-state index in [1.54, 1.807) is 39.2 Å². The Balaban J connectivity index is 1.56. The first-order valence-electron chi connectivity index (χ1n) is 16.5. The van der Waals surface area contributed by atoms with E-state index in [1.165, 1.54) is 4.90 Å². The number of carbonyl (C=O) groups is 2. The van der Waals surface area contributed by atoms with E-state index in [4.69, 9.17) is 16.3 Å². The zero-order valence-electron chi connectivity index (χ0n) is 27.4. The number of hydrogen-bond acceptors (Lipinski definition) is 7. The van der Waals surface area contributed by atoms with Crippen molar-refractivity contribution < 1.29 is 27.9 Å². The number of hydrogen-bond donors (Lipinski definition) is 2. The van der Waals surface area contributed by atoms with Crippen LogP contribution in [0.2, 0.25) is 5.02 Å². The number of anilines is 1. The van der Waals surface area contributed by atoms with Crippen LogP contribution in [0.25, 0.3) is 0 Å². The molecule has 2 heterocycles. The molecule has 9 nitrogen and oxygen atoms in total. The number of aryl methyl sites for hydroxylation is 1. The number of aliphatic hydroxyl groups is 1. The number of carbonyl (C=O) groups excluding carboxylic acids is 2. The molecule has 0 saturated heterocycles. The quantitative estimate of drug-likeness (QED) is 0.429. The highest BCUT2D eigenvalue weighted by Crippen LogP contribution is 2.47. The normalized spacial score (nSPS) is 28.7. The van der Waals surface area contributed by atoms with E-state index in [-0.39, 0.29) is 35.6 Å². The van der Waals surface area contributed by atoms with Gasteiger partial charge in [0.2, 0.25) is 15.9 Å². The molecule has 0 radical (unpaired) electrons. The van der Waals surface area contributed by atoms with Crippen molar-refractivity contribution in [2.45, 2.75) is 89.1 Å². The molecule has 0 aromatic heterocycles. The zero-order valence-corrected chi connectivity index (χ0v) is 29.0. The van der Waals surface area contributed by atoms with Crippen LogP contribution >= 0.6 is 11.6 Å². The highest BCUT2D eigenvalue weighted by molar-refractivity contribution is 7.90. The van der Waals surface area contributed by atoms with Gasteiger partial charge in [-0.15, -0.1) is 0 Å². The summed E-state index contributed by atoms with van der Waals surface area (Å²) in [6, 6.07) is 10.9. The first-order valence-corrected chi connectivity index (χ1v) is 18.5. The number of sulfonamides is 1. The average molecular weight is 674 g/mol. The van der Waals surface area contributed by atoms with Gasteiger partial charge in [-0.25, -0.2) is 13.1 Å². The van der Waals surface area contributed by atoms with Crippen LogP contribution in [0, 0.1) is 17.8 Å². The minimum Gasteiger partial charge on any atom is -0.487 e. The summed E-state index contributed by atoms with van der Waals surface area (Å²) in [4.78, 5) is 30.2. The largest absolute Gasteiger partial charge is 0.487 e. The van der Waals surface area contributed by atoms with Crippen molar-refractivity contribution in [2.24, 2.45) is 17.8 Å². The maximum atomic E-state index is 13.4. The molecule has 0 spiro atoms. The second-order valence-corrected chi connectivity index (χ2v) is 16.3. The van der Waals surface area contributed by atoms with Crippen LogP contribution in [0.1, 0.15) is 86.7 Å². The summed E-state index contributed by atoms with van der Waals surface area (Å²) in [7, 11) is -0.570. The van der Waals surface area contributed by atoms with E-state index >= 15 is 0 Å². The van der Waals surface area contributed by atoms with E-state index in [0.29, 0.717) is 49.7 Å². The minimum absolute atomic E-state index is 0.0319. The molecule has 5 rings (SSSR count). The first kappa shape index (κ1) is 34.5. The number of fused-ring (bicyclic) bond motifs is 3. The molecule has 2 aliphatic heterocycles. The maximum Gasteiger partial charge on any atom is 0.264 e. The van der Waals surface area contributed by atoms with Crippen molar-refractivity contribution >= 4 is 39.1 Å². The third kappa shape index (κ3) is 7.66. The molecule has 46 heavy (non-hydrogen) atoms. The Morgan fingerprint density at radius 2 is 1.87 bits per heavy atom. The molecule has 2 amide bonds. The average Bonchev–Trinajstić information content (AvgIpc) is 3.01. The van der Waals surface area contributed by atoms with Crippen LogP contribution in [-0.2, 0) is 27.8 Å². The summed E-state index contributed by atoms with van der Waals surface area (Å²) >= 11 is 6.33. The van der Waals surface area contributed by atoms with Gasteiger partial charge < -0.3 is 19.6 Å². The number of rotatable bonds is 2. The van der Waals surface area contributed by atoms with Crippen molar-refractivity contribution in [3.05, 3.63) is 58.1 Å². The van der Waals surface area contributed by atoms with Gasteiger partial charge in [0.25, 0.3) is 5.91 Å².